The van der Waals surface area contributed by atoms with Gasteiger partial charge in [-0.15, -0.1) is 0 Å². The molecule has 0 fully saturated rings. The summed E-state index contributed by atoms with van der Waals surface area (Å²) in [6, 6.07) is 8.94. The van der Waals surface area contributed by atoms with Crippen LogP contribution in [-0.4, -0.2) is 18.1 Å². The van der Waals surface area contributed by atoms with E-state index in [-0.39, 0.29) is 5.75 Å². The highest BCUT2D eigenvalue weighted by Crippen LogP contribution is 2.28. The lowest BCUT2D eigenvalue weighted by atomic mass is 10.2. The summed E-state index contributed by atoms with van der Waals surface area (Å²) in [5.74, 6) is -0.634. The van der Waals surface area contributed by atoms with E-state index in [1.54, 1.807) is 18.2 Å². The number of nitrogens with one attached hydrogen (secondary N) is 1. The largest absolute Gasteiger partial charge is 0.504 e. The second kappa shape index (κ2) is 7.09. The van der Waals surface area contributed by atoms with Gasteiger partial charge in [-0.3, -0.25) is 4.79 Å². The van der Waals surface area contributed by atoms with Crippen molar-refractivity contribution >= 4 is 33.6 Å². The fraction of sp³-hybridized carbons (Fsp3) is 0.0625. The van der Waals surface area contributed by atoms with Crippen LogP contribution >= 0.6 is 15.9 Å². The molecule has 0 saturated carbocycles. The van der Waals surface area contributed by atoms with E-state index in [2.05, 4.69) is 21.2 Å². The van der Waals surface area contributed by atoms with E-state index in [1.165, 1.54) is 37.5 Å². The summed E-state index contributed by atoms with van der Waals surface area (Å²) in [5, 5.41) is 12.2. The number of hydrogen-bond acceptors (Lipinski definition) is 3. The molecule has 0 atom stereocenters. The van der Waals surface area contributed by atoms with Crippen molar-refractivity contribution in [3.8, 4) is 11.5 Å². The van der Waals surface area contributed by atoms with Gasteiger partial charge < -0.3 is 15.2 Å². The zero-order chi connectivity index (χ0) is 16.1. The van der Waals surface area contributed by atoms with Gasteiger partial charge in [0.05, 0.1) is 7.11 Å². The fourth-order valence-electron chi connectivity index (χ4n) is 1.76. The fourth-order valence-corrected chi connectivity index (χ4v) is 2.14. The van der Waals surface area contributed by atoms with Crippen LogP contribution in [0.1, 0.15) is 5.56 Å². The number of aromatic hydroxyl groups is 1. The van der Waals surface area contributed by atoms with Gasteiger partial charge in [-0.1, -0.05) is 15.9 Å². The molecule has 0 aromatic heterocycles. The molecule has 1 amide bonds. The van der Waals surface area contributed by atoms with Crippen LogP contribution in [0.3, 0.4) is 0 Å². The average Bonchev–Trinajstić information content (AvgIpc) is 2.48. The maximum absolute atomic E-state index is 13.5. The third kappa shape index (κ3) is 4.08. The predicted molar refractivity (Wildman–Crippen MR) is 86.4 cm³/mol. The molecule has 22 heavy (non-hydrogen) atoms. The monoisotopic (exact) mass is 365 g/mol. The van der Waals surface area contributed by atoms with Crippen molar-refractivity contribution in [3.05, 3.63) is 58.3 Å². The summed E-state index contributed by atoms with van der Waals surface area (Å²) in [6.07, 6.45) is 2.59. The molecular weight excluding hydrogens is 353 g/mol. The van der Waals surface area contributed by atoms with Crippen molar-refractivity contribution in [2.24, 2.45) is 0 Å². The summed E-state index contributed by atoms with van der Waals surface area (Å²) in [7, 11) is 1.43. The molecule has 2 aromatic rings. The average molecular weight is 366 g/mol. The highest BCUT2D eigenvalue weighted by atomic mass is 79.9. The normalized spacial score (nSPS) is 10.7. The highest BCUT2D eigenvalue weighted by Gasteiger charge is 2.05. The predicted octanol–water partition coefficient (Wildman–Crippen LogP) is 3.95. The molecular formula is C16H13BrFNO3. The summed E-state index contributed by atoms with van der Waals surface area (Å²) in [5.41, 5.74) is 0.699. The Labute approximate surface area is 135 Å². The van der Waals surface area contributed by atoms with Gasteiger partial charge >= 0.3 is 0 Å². The van der Waals surface area contributed by atoms with Gasteiger partial charge in [-0.05, 0) is 36.4 Å². The number of halogens is 2. The van der Waals surface area contributed by atoms with Crippen LogP contribution in [0.15, 0.2) is 46.9 Å². The molecule has 0 aliphatic carbocycles. The molecule has 0 unspecified atom stereocenters. The van der Waals surface area contributed by atoms with Crippen LogP contribution in [-0.2, 0) is 4.79 Å². The molecule has 0 radical (unpaired) electrons. The van der Waals surface area contributed by atoms with Gasteiger partial charge in [-0.2, -0.15) is 0 Å². The second-order valence-electron chi connectivity index (χ2n) is 4.38. The van der Waals surface area contributed by atoms with Crippen molar-refractivity contribution in [3.63, 3.8) is 0 Å². The molecule has 0 bridgehead atoms. The molecule has 2 rings (SSSR count). The van der Waals surface area contributed by atoms with Crippen LogP contribution in [0.25, 0.3) is 6.08 Å². The molecule has 0 heterocycles. The molecule has 6 heteroatoms. The number of phenols is 1. The lowest BCUT2D eigenvalue weighted by Gasteiger charge is -2.06. The maximum atomic E-state index is 13.5. The Bertz CT molecular complexity index is 731. The van der Waals surface area contributed by atoms with Crippen LogP contribution in [0, 0.1) is 5.82 Å². The van der Waals surface area contributed by atoms with Crippen molar-refractivity contribution in [2.45, 2.75) is 0 Å². The SMILES string of the molecule is COc1ccc(NC(=O)/C=C/c2cc(Br)ccc2F)cc1O. The van der Waals surface area contributed by atoms with E-state index in [1.807, 2.05) is 0 Å². The number of hydrogen-bond donors (Lipinski definition) is 2. The summed E-state index contributed by atoms with van der Waals surface area (Å²) >= 11 is 3.24. The number of amides is 1. The molecule has 2 N–H and O–H groups in total. The van der Waals surface area contributed by atoms with E-state index >= 15 is 0 Å². The second-order valence-corrected chi connectivity index (χ2v) is 5.29. The Balaban J connectivity index is 2.08. The van der Waals surface area contributed by atoms with Crippen LogP contribution in [0.2, 0.25) is 0 Å². The topological polar surface area (TPSA) is 58.6 Å². The molecule has 0 aliphatic rings. The summed E-state index contributed by atoms with van der Waals surface area (Å²) in [6.45, 7) is 0. The number of carbonyl (C=O) groups excluding carboxylic acids is 1. The van der Waals surface area contributed by atoms with Gasteiger partial charge in [0.25, 0.3) is 0 Å². The number of anilines is 1. The quantitative estimate of drug-likeness (QED) is 0.806. The molecule has 0 spiro atoms. The van der Waals surface area contributed by atoms with Gasteiger partial charge in [0.2, 0.25) is 5.91 Å². The molecule has 0 saturated heterocycles. The van der Waals surface area contributed by atoms with Crippen molar-refractivity contribution < 1.29 is 19.0 Å². The van der Waals surface area contributed by atoms with Crippen LogP contribution < -0.4 is 10.1 Å². The summed E-state index contributed by atoms with van der Waals surface area (Å²) in [4.78, 5) is 11.8. The van der Waals surface area contributed by atoms with Crippen LogP contribution in [0.4, 0.5) is 10.1 Å². The van der Waals surface area contributed by atoms with E-state index in [9.17, 15) is 14.3 Å². The number of ether oxygens (including phenoxy) is 1. The van der Waals surface area contributed by atoms with E-state index < -0.39 is 11.7 Å². The first-order valence-electron chi connectivity index (χ1n) is 6.30. The first-order chi connectivity index (χ1) is 10.5. The zero-order valence-electron chi connectivity index (χ0n) is 11.6. The zero-order valence-corrected chi connectivity index (χ0v) is 13.2. The number of phenolic OH excluding ortho intramolecular Hbond substituents is 1. The first kappa shape index (κ1) is 16.0. The Morgan fingerprint density at radius 2 is 2.09 bits per heavy atom. The minimum absolute atomic E-state index is 0.0812. The lowest BCUT2D eigenvalue weighted by Crippen LogP contribution is -2.07. The van der Waals surface area contributed by atoms with Crippen molar-refractivity contribution in [1.82, 2.24) is 0 Å². The third-order valence-electron chi connectivity index (χ3n) is 2.82. The number of benzene rings is 2. The van der Waals surface area contributed by atoms with Crippen LogP contribution in [0.5, 0.6) is 11.5 Å². The molecule has 114 valence electrons. The number of rotatable bonds is 4. The molecule has 4 nitrogen and oxygen atoms in total. The minimum atomic E-state index is -0.441. The number of methoxy groups -OCH3 is 1. The Hall–Kier alpha value is -2.34. The summed E-state index contributed by atoms with van der Waals surface area (Å²) < 4.78 is 19.2. The van der Waals surface area contributed by atoms with Crippen molar-refractivity contribution in [2.75, 3.05) is 12.4 Å². The maximum Gasteiger partial charge on any atom is 0.248 e. The van der Waals surface area contributed by atoms with E-state index in [0.29, 0.717) is 21.5 Å². The third-order valence-corrected chi connectivity index (χ3v) is 3.31. The van der Waals surface area contributed by atoms with Gasteiger partial charge in [-0.25, -0.2) is 4.39 Å². The number of carbonyl (C=O) groups is 1. The smallest absolute Gasteiger partial charge is 0.248 e. The highest BCUT2D eigenvalue weighted by molar-refractivity contribution is 9.10. The standard InChI is InChI=1S/C16H13BrFNO3/c1-22-15-6-4-12(9-14(15)20)19-16(21)7-2-10-8-11(17)3-5-13(10)18/h2-9,20H,1H3,(H,19,21)/b7-2+. The first-order valence-corrected chi connectivity index (χ1v) is 7.10. The Kier molecular flexibility index (Phi) is 5.16. The Morgan fingerprint density at radius 1 is 1.32 bits per heavy atom. The van der Waals surface area contributed by atoms with Crippen molar-refractivity contribution in [1.29, 1.82) is 0 Å². The Morgan fingerprint density at radius 3 is 2.77 bits per heavy atom. The van der Waals surface area contributed by atoms with Gasteiger partial charge in [0.1, 0.15) is 5.82 Å². The van der Waals surface area contributed by atoms with Gasteiger partial charge in [0.15, 0.2) is 11.5 Å². The molecule has 2 aromatic carbocycles. The minimum Gasteiger partial charge on any atom is -0.504 e. The van der Waals surface area contributed by atoms with Gasteiger partial charge in [0, 0.05) is 27.9 Å². The van der Waals surface area contributed by atoms with E-state index in [4.69, 9.17) is 4.74 Å². The van der Waals surface area contributed by atoms with E-state index in [0.717, 1.165) is 0 Å². The lowest BCUT2D eigenvalue weighted by molar-refractivity contribution is -0.111. The molecule has 0 aliphatic heterocycles.